The molecule has 102 valence electrons. The highest BCUT2D eigenvalue weighted by Crippen LogP contribution is 2.17. The molecule has 0 aliphatic carbocycles. The summed E-state index contributed by atoms with van der Waals surface area (Å²) in [6.07, 6.45) is -1.36. The molecule has 2 unspecified atom stereocenters. The van der Waals surface area contributed by atoms with Gasteiger partial charge >= 0.3 is 0 Å². The monoisotopic (exact) mass is 286 g/mol. The van der Waals surface area contributed by atoms with Crippen molar-refractivity contribution in [3.05, 3.63) is 0 Å². The molecule has 0 aromatic carbocycles. The molecule has 2 atom stereocenters. The zero-order valence-corrected chi connectivity index (χ0v) is 11.6. The van der Waals surface area contributed by atoms with Crippen molar-refractivity contribution in [2.75, 3.05) is 29.8 Å². The SMILES string of the molecule is CCS(=O)(=O)CC1OCOC1CS(=O)(=O)CC. The van der Waals surface area contributed by atoms with Crippen LogP contribution in [0, 0.1) is 0 Å². The number of hydrogen-bond acceptors (Lipinski definition) is 6. The van der Waals surface area contributed by atoms with Gasteiger partial charge in [-0.05, 0) is 0 Å². The van der Waals surface area contributed by atoms with Crippen LogP contribution in [0.5, 0.6) is 0 Å². The van der Waals surface area contributed by atoms with Crippen molar-refractivity contribution in [3.63, 3.8) is 0 Å². The molecule has 17 heavy (non-hydrogen) atoms. The summed E-state index contributed by atoms with van der Waals surface area (Å²) in [5.41, 5.74) is 0. The number of rotatable bonds is 6. The maximum atomic E-state index is 11.5. The molecule has 6 nitrogen and oxygen atoms in total. The third kappa shape index (κ3) is 4.53. The Kier molecular flexibility index (Phi) is 4.94. The van der Waals surface area contributed by atoms with Crippen LogP contribution < -0.4 is 0 Å². The molecule has 1 aliphatic rings. The lowest BCUT2D eigenvalue weighted by atomic mass is 10.3. The number of hydrogen-bond donors (Lipinski definition) is 0. The van der Waals surface area contributed by atoms with Crippen molar-refractivity contribution >= 4 is 19.7 Å². The summed E-state index contributed by atoms with van der Waals surface area (Å²) in [5, 5.41) is 0. The van der Waals surface area contributed by atoms with Gasteiger partial charge in [-0.25, -0.2) is 16.8 Å². The van der Waals surface area contributed by atoms with E-state index in [4.69, 9.17) is 9.47 Å². The molecule has 0 radical (unpaired) electrons. The van der Waals surface area contributed by atoms with Gasteiger partial charge in [-0.3, -0.25) is 0 Å². The lowest BCUT2D eigenvalue weighted by molar-refractivity contribution is 0.0440. The van der Waals surface area contributed by atoms with E-state index in [1.807, 2.05) is 0 Å². The van der Waals surface area contributed by atoms with Crippen molar-refractivity contribution in [1.29, 1.82) is 0 Å². The van der Waals surface area contributed by atoms with Crippen LogP contribution in [0.1, 0.15) is 13.8 Å². The predicted octanol–water partition coefficient (Wildman–Crippen LogP) is -0.403. The van der Waals surface area contributed by atoms with Crippen molar-refractivity contribution in [2.45, 2.75) is 26.1 Å². The maximum Gasteiger partial charge on any atom is 0.152 e. The summed E-state index contributed by atoms with van der Waals surface area (Å²) in [7, 11) is -6.40. The molecule has 1 aliphatic heterocycles. The molecule has 8 heteroatoms. The van der Waals surface area contributed by atoms with E-state index in [0.717, 1.165) is 0 Å². The largest absolute Gasteiger partial charge is 0.348 e. The van der Waals surface area contributed by atoms with Gasteiger partial charge in [-0.2, -0.15) is 0 Å². The third-order valence-corrected chi connectivity index (χ3v) is 6.13. The van der Waals surface area contributed by atoms with Crippen molar-refractivity contribution < 1.29 is 26.3 Å². The Labute approximate surface area is 102 Å². The Morgan fingerprint density at radius 3 is 1.53 bits per heavy atom. The molecule has 0 spiro atoms. The highest BCUT2D eigenvalue weighted by Gasteiger charge is 2.35. The summed E-state index contributed by atoms with van der Waals surface area (Å²) in [6, 6.07) is 0. The molecular weight excluding hydrogens is 268 g/mol. The van der Waals surface area contributed by atoms with Crippen LogP contribution in [-0.4, -0.2) is 58.8 Å². The first-order chi connectivity index (χ1) is 7.79. The normalized spacial score (nSPS) is 26.2. The summed E-state index contributed by atoms with van der Waals surface area (Å²) in [5.74, 6) is -0.346. The standard InChI is InChI=1S/C9H18O6S2/c1-3-16(10,11)5-8-9(15-7-14-8)6-17(12,13)4-2/h8-9H,3-7H2,1-2H3. The smallest absolute Gasteiger partial charge is 0.152 e. The molecule has 1 rings (SSSR count). The van der Waals surface area contributed by atoms with Gasteiger partial charge in [0.15, 0.2) is 19.7 Å². The quantitative estimate of drug-likeness (QED) is 0.660. The van der Waals surface area contributed by atoms with E-state index in [1.165, 1.54) is 0 Å². The van der Waals surface area contributed by atoms with Gasteiger partial charge < -0.3 is 9.47 Å². The van der Waals surface area contributed by atoms with Crippen LogP contribution in [0.2, 0.25) is 0 Å². The van der Waals surface area contributed by atoms with Gasteiger partial charge in [0.25, 0.3) is 0 Å². The average Bonchev–Trinajstić information content (AvgIpc) is 2.64. The lowest BCUT2D eigenvalue weighted by Gasteiger charge is -2.16. The third-order valence-electron chi connectivity index (χ3n) is 2.69. The summed E-state index contributed by atoms with van der Waals surface area (Å²) < 4.78 is 56.1. The Balaban J connectivity index is 2.68. The van der Waals surface area contributed by atoms with Gasteiger partial charge in [0.05, 0.1) is 11.5 Å². The van der Waals surface area contributed by atoms with Crippen molar-refractivity contribution in [3.8, 4) is 0 Å². The Morgan fingerprint density at radius 2 is 1.24 bits per heavy atom. The van der Waals surface area contributed by atoms with Crippen molar-refractivity contribution in [2.24, 2.45) is 0 Å². The molecule has 1 heterocycles. The lowest BCUT2D eigenvalue weighted by Crippen LogP contribution is -2.36. The highest BCUT2D eigenvalue weighted by molar-refractivity contribution is 7.91. The maximum absolute atomic E-state index is 11.5. The van der Waals surface area contributed by atoms with Crippen LogP contribution in [0.4, 0.5) is 0 Å². The van der Waals surface area contributed by atoms with Gasteiger partial charge in [0.2, 0.25) is 0 Å². The minimum atomic E-state index is -3.20. The molecule has 0 aromatic heterocycles. The van der Waals surface area contributed by atoms with Gasteiger partial charge in [-0.15, -0.1) is 0 Å². The highest BCUT2D eigenvalue weighted by atomic mass is 32.2. The first kappa shape index (κ1) is 14.9. The van der Waals surface area contributed by atoms with E-state index in [2.05, 4.69) is 0 Å². The zero-order valence-electron chi connectivity index (χ0n) is 9.96. The fraction of sp³-hybridized carbons (Fsp3) is 1.00. The fourth-order valence-corrected chi connectivity index (χ4v) is 3.57. The summed E-state index contributed by atoms with van der Waals surface area (Å²) in [4.78, 5) is 0. The first-order valence-electron chi connectivity index (χ1n) is 5.43. The molecule has 1 fully saturated rings. The van der Waals surface area contributed by atoms with E-state index >= 15 is 0 Å². The minimum Gasteiger partial charge on any atom is -0.348 e. The van der Waals surface area contributed by atoms with E-state index in [0.29, 0.717) is 0 Å². The zero-order chi connectivity index (χ0) is 13.1. The molecule has 0 bridgehead atoms. The molecule has 0 aromatic rings. The van der Waals surface area contributed by atoms with E-state index < -0.39 is 31.9 Å². The summed E-state index contributed by atoms with van der Waals surface area (Å²) in [6.45, 7) is 3.04. The summed E-state index contributed by atoms with van der Waals surface area (Å²) >= 11 is 0. The van der Waals surface area contributed by atoms with Crippen LogP contribution >= 0.6 is 0 Å². The number of ether oxygens (including phenoxy) is 2. The van der Waals surface area contributed by atoms with E-state index in [9.17, 15) is 16.8 Å². The second-order valence-electron chi connectivity index (χ2n) is 3.93. The predicted molar refractivity (Wildman–Crippen MR) is 63.3 cm³/mol. The van der Waals surface area contributed by atoms with E-state index in [-0.39, 0.29) is 29.8 Å². The molecule has 1 saturated heterocycles. The van der Waals surface area contributed by atoms with Gasteiger partial charge in [0.1, 0.15) is 19.0 Å². The van der Waals surface area contributed by atoms with Gasteiger partial charge in [-0.1, -0.05) is 13.8 Å². The van der Waals surface area contributed by atoms with Crippen LogP contribution in [0.3, 0.4) is 0 Å². The van der Waals surface area contributed by atoms with E-state index in [1.54, 1.807) is 13.8 Å². The molecule has 0 saturated carbocycles. The Hall–Kier alpha value is -0.180. The molecule has 0 amide bonds. The van der Waals surface area contributed by atoms with Crippen LogP contribution in [-0.2, 0) is 29.1 Å². The fourth-order valence-electron chi connectivity index (χ4n) is 1.48. The Morgan fingerprint density at radius 1 is 0.882 bits per heavy atom. The van der Waals surface area contributed by atoms with Gasteiger partial charge in [0, 0.05) is 11.5 Å². The van der Waals surface area contributed by atoms with Crippen molar-refractivity contribution in [1.82, 2.24) is 0 Å². The second-order valence-corrected chi connectivity index (χ2v) is 8.72. The topological polar surface area (TPSA) is 86.7 Å². The molecular formula is C9H18O6S2. The molecule has 0 N–H and O–H groups in total. The average molecular weight is 286 g/mol. The number of sulfone groups is 2. The minimum absolute atomic E-state index is 0.0140. The van der Waals surface area contributed by atoms with Crippen LogP contribution in [0.25, 0.3) is 0 Å². The second kappa shape index (κ2) is 5.64. The Bertz CT molecular complexity index is 396. The first-order valence-corrected chi connectivity index (χ1v) is 9.08. The van der Waals surface area contributed by atoms with Crippen LogP contribution in [0.15, 0.2) is 0 Å².